The molecule has 2 heterocycles. The predicted molar refractivity (Wildman–Crippen MR) is 204 cm³/mol. The van der Waals surface area contributed by atoms with Crippen LogP contribution in [0.2, 0.25) is 0 Å². The Morgan fingerprint density at radius 1 is 0.408 bits per heavy atom. The Labute approximate surface area is 324 Å². The molecule has 3 heteroatoms. The Morgan fingerprint density at radius 2 is 0.939 bits per heavy atom. The largest absolute Gasteiger partial charge is 0.309 e. The van der Waals surface area contributed by atoms with Crippen molar-refractivity contribution in [2.24, 2.45) is 0 Å². The van der Waals surface area contributed by atoms with Crippen molar-refractivity contribution in [3.8, 4) is 61.8 Å². The van der Waals surface area contributed by atoms with Crippen molar-refractivity contribution in [2.75, 3.05) is 0 Å². The van der Waals surface area contributed by atoms with Crippen LogP contribution in [0.15, 0.2) is 187 Å². The number of hydrogen-bond donors (Lipinski definition) is 0. The van der Waals surface area contributed by atoms with E-state index < -0.39 is 242 Å². The molecule has 0 saturated heterocycles. The lowest BCUT2D eigenvalue weighted by Crippen LogP contribution is -1.97. The molecule has 0 aliphatic carbocycles. The maximum absolute atomic E-state index is 10.1. The summed E-state index contributed by atoms with van der Waals surface area (Å²) < 4.78 is 247. The van der Waals surface area contributed by atoms with E-state index in [4.69, 9.17) is 31.5 Å². The Balaban J connectivity index is 1.59. The lowest BCUT2D eigenvalue weighted by Gasteiger charge is -2.12. The zero-order chi connectivity index (χ0) is 56.9. The monoisotopic (exact) mass is 653 g/mol. The predicted octanol–water partition coefficient (Wildman–Crippen LogP) is 11.9. The van der Waals surface area contributed by atoms with Crippen LogP contribution in [0, 0.1) is 0 Å². The van der Waals surface area contributed by atoms with E-state index in [1.54, 1.807) is 0 Å². The maximum atomic E-state index is 10.1. The lowest BCUT2D eigenvalue weighted by molar-refractivity contribution is 1.17. The van der Waals surface area contributed by atoms with E-state index in [1.807, 2.05) is 0 Å². The van der Waals surface area contributed by atoms with Crippen LogP contribution in [0.3, 0.4) is 0 Å². The van der Waals surface area contributed by atoms with Gasteiger partial charge in [-0.2, -0.15) is 0 Å². The van der Waals surface area contributed by atoms with Gasteiger partial charge in [0.05, 0.1) is 60.8 Å². The summed E-state index contributed by atoms with van der Waals surface area (Å²) >= 11 is 0. The van der Waals surface area contributed by atoms with E-state index in [9.17, 15) is 6.85 Å². The minimum absolute atomic E-state index is 0.348. The fraction of sp³-hybridized carbons (Fsp3) is 0. The van der Waals surface area contributed by atoms with Gasteiger partial charge < -0.3 is 4.57 Å². The summed E-state index contributed by atoms with van der Waals surface area (Å²) in [7, 11) is 0. The normalized spacial score (nSPS) is 19.3. The molecule has 0 aliphatic rings. The van der Waals surface area contributed by atoms with Crippen molar-refractivity contribution in [2.45, 2.75) is 0 Å². The Kier molecular flexibility index (Phi) is 2.95. The molecule has 0 N–H and O–H groups in total. The molecular formula is C46H31N3. The molecule has 0 fully saturated rings. The third kappa shape index (κ3) is 5.28. The highest BCUT2D eigenvalue weighted by Gasteiger charge is 2.20. The Hall–Kier alpha value is -6.58. The van der Waals surface area contributed by atoms with Crippen LogP contribution < -0.4 is 0 Å². The second-order valence-corrected chi connectivity index (χ2v) is 10.2. The summed E-state index contributed by atoms with van der Waals surface area (Å²) in [6.45, 7) is 0. The SMILES string of the molecule is [2H]c1c([2H])c([2H])c(-c2cc(-c3c([2H])c([2H])c([2H])c([2H])c3[2H])c3c4c([2H])c([2H])c(-c5cc(-c6c([2H])c([2H])c([2H])c([2H])c6[2H])nc(-c6c([2H])c([2H])c([2H])c([2H])c6[2H])n5)c([2H])c4n(-c4c([2H])c([2H])c([2H])c([2H])c4[2H])c3c2)c([2H])c1[2H]. The van der Waals surface area contributed by atoms with Gasteiger partial charge in [-0.05, 0) is 58.6 Å². The van der Waals surface area contributed by atoms with Crippen LogP contribution in [0.1, 0.15) is 38.4 Å². The number of aromatic nitrogens is 3. The zero-order valence-electron chi connectivity index (χ0n) is 52.6. The van der Waals surface area contributed by atoms with E-state index in [1.165, 1.54) is 0 Å². The van der Waals surface area contributed by atoms with E-state index in [0.29, 0.717) is 0 Å². The molecule has 230 valence electrons. The molecule has 49 heavy (non-hydrogen) atoms. The van der Waals surface area contributed by atoms with Crippen molar-refractivity contribution in [1.82, 2.24) is 14.5 Å². The molecule has 3 nitrogen and oxygen atoms in total. The van der Waals surface area contributed by atoms with Crippen molar-refractivity contribution in [1.29, 1.82) is 0 Å². The standard InChI is InChI=1S/C46H31N3/c1-6-16-32(17-7-1)37-28-40(33-18-8-2-9-19-33)45-39-27-26-36(29-43(39)49(44(45)30-37)38-24-14-5-15-25-38)42-31-41(34-20-10-3-11-21-34)47-46(48-42)35-22-12-4-13-23-35/h1-31H/i1D,2D,3D,4D,5D,6D,7D,8D,9D,10D,11D,12D,13D,14D,15D,16D,17D,18D,19D,20D,21D,22D,23D,24D,25D,26D,27D,29D. The molecular weight excluding hydrogens is 595 g/mol. The minimum atomic E-state index is -0.955. The molecule has 7 aromatic carbocycles. The zero-order valence-corrected chi connectivity index (χ0v) is 24.6. The highest BCUT2D eigenvalue weighted by atomic mass is 15.0. The van der Waals surface area contributed by atoms with E-state index in [-0.39, 0.29) is 10.9 Å². The van der Waals surface area contributed by atoms with Crippen LogP contribution in [0.25, 0.3) is 83.6 Å². The summed E-state index contributed by atoms with van der Waals surface area (Å²) in [6, 6.07) is -21.4. The fourth-order valence-corrected chi connectivity index (χ4v) is 5.32. The average Bonchev–Trinajstić information content (AvgIpc) is 3.87. The van der Waals surface area contributed by atoms with Gasteiger partial charge in [0.1, 0.15) is 0 Å². The molecule has 0 amide bonds. The highest BCUT2D eigenvalue weighted by Crippen LogP contribution is 2.42. The topological polar surface area (TPSA) is 30.7 Å². The first kappa shape index (κ1) is 11.8. The number of rotatable bonds is 6. The van der Waals surface area contributed by atoms with Crippen LogP contribution in [-0.4, -0.2) is 14.5 Å². The van der Waals surface area contributed by atoms with Crippen LogP contribution in [0.5, 0.6) is 0 Å². The Bertz CT molecular complexity index is 3970. The summed E-state index contributed by atoms with van der Waals surface area (Å²) in [4.78, 5) is 8.78. The highest BCUT2D eigenvalue weighted by molar-refractivity contribution is 6.17. The van der Waals surface area contributed by atoms with Crippen LogP contribution in [-0.2, 0) is 0 Å². The van der Waals surface area contributed by atoms with Crippen LogP contribution in [0.4, 0.5) is 0 Å². The van der Waals surface area contributed by atoms with Gasteiger partial charge in [-0.1, -0.05) is 151 Å². The number of hydrogen-bond acceptors (Lipinski definition) is 2. The van der Waals surface area contributed by atoms with Gasteiger partial charge in [0.15, 0.2) is 5.82 Å². The first-order valence-electron chi connectivity index (χ1n) is 28.3. The molecule has 2 aromatic heterocycles. The van der Waals surface area contributed by atoms with Crippen LogP contribution >= 0.6 is 0 Å². The minimum Gasteiger partial charge on any atom is -0.309 e. The summed E-state index contributed by atoms with van der Waals surface area (Å²) in [5, 5.41) is -0.909. The molecule has 9 rings (SSSR count). The molecule has 9 aromatic rings. The first-order valence-corrected chi connectivity index (χ1v) is 14.3. The summed E-state index contributed by atoms with van der Waals surface area (Å²) in [6.07, 6.45) is 0. The van der Waals surface area contributed by atoms with Gasteiger partial charge in [-0.15, -0.1) is 0 Å². The van der Waals surface area contributed by atoms with Crippen molar-refractivity contribution in [3.63, 3.8) is 0 Å². The molecule has 0 radical (unpaired) electrons. The number of para-hydroxylation sites is 1. The maximum Gasteiger partial charge on any atom is 0.160 e. The first-order chi connectivity index (χ1) is 35.9. The second kappa shape index (κ2) is 12.2. The quantitative estimate of drug-likeness (QED) is 0.179. The number of benzene rings is 7. The van der Waals surface area contributed by atoms with E-state index in [2.05, 4.69) is 9.97 Å². The van der Waals surface area contributed by atoms with Gasteiger partial charge in [0, 0.05) is 33.2 Å². The molecule has 0 spiro atoms. The third-order valence-electron chi connectivity index (χ3n) is 7.36. The van der Waals surface area contributed by atoms with Gasteiger partial charge in [-0.3, -0.25) is 0 Å². The van der Waals surface area contributed by atoms with Gasteiger partial charge in [0.2, 0.25) is 0 Å². The molecule has 0 saturated carbocycles. The van der Waals surface area contributed by atoms with Crippen molar-refractivity contribution in [3.05, 3.63) is 187 Å². The second-order valence-electron chi connectivity index (χ2n) is 10.2. The summed E-state index contributed by atoms with van der Waals surface area (Å²) in [5.41, 5.74) is -7.08. The smallest absolute Gasteiger partial charge is 0.160 e. The van der Waals surface area contributed by atoms with Gasteiger partial charge >= 0.3 is 0 Å². The van der Waals surface area contributed by atoms with Gasteiger partial charge in [0.25, 0.3) is 0 Å². The fourth-order valence-electron chi connectivity index (χ4n) is 5.32. The molecule has 0 atom stereocenters. The Morgan fingerprint density at radius 3 is 1.57 bits per heavy atom. The molecule has 0 aliphatic heterocycles. The van der Waals surface area contributed by atoms with Crippen molar-refractivity contribution >= 4 is 21.8 Å². The number of nitrogens with zero attached hydrogens (tertiary/aromatic N) is 3. The lowest BCUT2D eigenvalue weighted by atomic mass is 9.94. The third-order valence-corrected chi connectivity index (χ3v) is 7.36. The van der Waals surface area contributed by atoms with E-state index in [0.717, 1.165) is 22.8 Å². The summed E-state index contributed by atoms with van der Waals surface area (Å²) in [5.74, 6) is -0.773. The average molecular weight is 654 g/mol. The van der Waals surface area contributed by atoms with Gasteiger partial charge in [-0.25, -0.2) is 9.97 Å². The molecule has 0 bridgehead atoms. The van der Waals surface area contributed by atoms with Crippen molar-refractivity contribution < 1.29 is 38.4 Å². The van der Waals surface area contributed by atoms with E-state index >= 15 is 0 Å². The molecule has 0 unspecified atom stereocenters. The number of fused-ring (bicyclic) bond motifs is 3.